The van der Waals surface area contributed by atoms with Gasteiger partial charge in [0.05, 0.1) is 5.52 Å². The number of aryl methyl sites for hydroxylation is 1. The smallest absolute Gasteiger partial charge is 0.190 e. The third kappa shape index (κ3) is 4.21. The molecule has 5 rings (SSSR count). The normalized spacial score (nSPS) is 13.2. The second-order valence-electron chi connectivity index (χ2n) is 8.44. The first-order valence-electron chi connectivity index (χ1n) is 11.0. The van der Waals surface area contributed by atoms with Crippen LogP contribution in [0, 0.1) is 6.92 Å². The number of halogens is 2. The molecule has 0 aliphatic carbocycles. The second kappa shape index (κ2) is 9.28. The fraction of sp³-hybridized carbons (Fsp3) is 0.148. The van der Waals surface area contributed by atoms with E-state index in [0.717, 1.165) is 44.0 Å². The van der Waals surface area contributed by atoms with Crippen molar-refractivity contribution in [3.63, 3.8) is 0 Å². The molecule has 0 saturated carbocycles. The standard InChI is InChI=1S/C27H23Cl2N5S/c1-16-13-22(17-5-4-6-21(29)14-17)23-15-19(9-12-24(23)31-16)27(30,18-7-10-20(28)11-8-18)25-32-33-26(35-3)34(25)2/h4-15H,30H2,1-3H3. The summed E-state index contributed by atoms with van der Waals surface area (Å²) in [5.41, 5.74) is 11.8. The first-order chi connectivity index (χ1) is 16.8. The highest BCUT2D eigenvalue weighted by molar-refractivity contribution is 7.98. The summed E-state index contributed by atoms with van der Waals surface area (Å²) in [5, 5.41) is 12.0. The molecule has 2 N–H and O–H groups in total. The molecule has 2 aromatic heterocycles. The van der Waals surface area contributed by atoms with Gasteiger partial charge >= 0.3 is 0 Å². The van der Waals surface area contributed by atoms with E-state index in [1.165, 1.54) is 11.8 Å². The van der Waals surface area contributed by atoms with Gasteiger partial charge in [-0.2, -0.15) is 0 Å². The third-order valence-electron chi connectivity index (χ3n) is 6.20. The average Bonchev–Trinajstić information content (AvgIpc) is 3.24. The Morgan fingerprint density at radius 1 is 0.886 bits per heavy atom. The molecular weight excluding hydrogens is 497 g/mol. The Kier molecular flexibility index (Phi) is 6.32. The molecule has 35 heavy (non-hydrogen) atoms. The summed E-state index contributed by atoms with van der Waals surface area (Å²) in [5.74, 6) is 0.632. The van der Waals surface area contributed by atoms with Crippen LogP contribution in [0.3, 0.4) is 0 Å². The summed E-state index contributed by atoms with van der Waals surface area (Å²) in [6.07, 6.45) is 1.97. The molecule has 1 atom stereocenters. The van der Waals surface area contributed by atoms with Crippen LogP contribution < -0.4 is 5.73 Å². The highest BCUT2D eigenvalue weighted by Crippen LogP contribution is 2.38. The molecule has 0 bridgehead atoms. The molecule has 5 nitrogen and oxygen atoms in total. The Morgan fingerprint density at radius 3 is 2.31 bits per heavy atom. The molecule has 0 aliphatic heterocycles. The predicted molar refractivity (Wildman–Crippen MR) is 145 cm³/mol. The van der Waals surface area contributed by atoms with Gasteiger partial charge in [0.25, 0.3) is 0 Å². The van der Waals surface area contributed by atoms with Crippen LogP contribution >= 0.6 is 35.0 Å². The van der Waals surface area contributed by atoms with Crippen LogP contribution in [0.5, 0.6) is 0 Å². The maximum Gasteiger partial charge on any atom is 0.190 e. The van der Waals surface area contributed by atoms with Crippen molar-refractivity contribution in [3.05, 3.63) is 105 Å². The number of pyridine rings is 1. The van der Waals surface area contributed by atoms with Crippen molar-refractivity contribution in [2.75, 3.05) is 6.26 Å². The Labute approximate surface area is 218 Å². The van der Waals surface area contributed by atoms with Gasteiger partial charge in [-0.3, -0.25) is 4.98 Å². The van der Waals surface area contributed by atoms with Crippen LogP contribution in [0.2, 0.25) is 10.0 Å². The summed E-state index contributed by atoms with van der Waals surface area (Å²) < 4.78 is 1.94. The van der Waals surface area contributed by atoms with Crippen molar-refractivity contribution < 1.29 is 0 Å². The molecule has 3 aromatic carbocycles. The molecule has 8 heteroatoms. The van der Waals surface area contributed by atoms with E-state index in [0.29, 0.717) is 15.9 Å². The van der Waals surface area contributed by atoms with E-state index in [9.17, 15) is 0 Å². The number of aromatic nitrogens is 4. The number of hydrogen-bond donors (Lipinski definition) is 1. The molecule has 0 saturated heterocycles. The van der Waals surface area contributed by atoms with E-state index in [4.69, 9.17) is 33.9 Å². The van der Waals surface area contributed by atoms with Crippen molar-refractivity contribution in [3.8, 4) is 11.1 Å². The zero-order chi connectivity index (χ0) is 24.7. The number of hydrogen-bond acceptors (Lipinski definition) is 5. The number of fused-ring (bicyclic) bond motifs is 1. The van der Waals surface area contributed by atoms with Gasteiger partial charge in [-0.05, 0) is 77.9 Å². The van der Waals surface area contributed by atoms with Gasteiger partial charge in [-0.15, -0.1) is 10.2 Å². The molecular formula is C27H23Cl2N5S. The van der Waals surface area contributed by atoms with Crippen molar-refractivity contribution in [2.24, 2.45) is 12.8 Å². The van der Waals surface area contributed by atoms with Gasteiger partial charge in [0.15, 0.2) is 11.0 Å². The molecule has 5 aromatic rings. The minimum absolute atomic E-state index is 0.632. The molecule has 176 valence electrons. The second-order valence-corrected chi connectivity index (χ2v) is 10.1. The van der Waals surface area contributed by atoms with E-state index in [1.807, 2.05) is 79.4 Å². The van der Waals surface area contributed by atoms with Crippen LogP contribution in [0.25, 0.3) is 22.0 Å². The van der Waals surface area contributed by atoms with E-state index < -0.39 is 5.54 Å². The molecule has 0 aliphatic rings. The summed E-state index contributed by atoms with van der Waals surface area (Å²) >= 11 is 14.1. The number of benzene rings is 3. The Hall–Kier alpha value is -2.90. The molecule has 1 unspecified atom stereocenters. The fourth-order valence-electron chi connectivity index (χ4n) is 4.47. The molecule has 0 spiro atoms. The summed E-state index contributed by atoms with van der Waals surface area (Å²) in [4.78, 5) is 4.77. The average molecular weight is 520 g/mol. The van der Waals surface area contributed by atoms with Crippen LogP contribution in [0.4, 0.5) is 0 Å². The fourth-order valence-corrected chi connectivity index (χ4v) is 5.27. The topological polar surface area (TPSA) is 69.6 Å². The van der Waals surface area contributed by atoms with Crippen LogP contribution in [-0.2, 0) is 12.6 Å². The first-order valence-corrected chi connectivity index (χ1v) is 13.0. The maximum absolute atomic E-state index is 7.30. The highest BCUT2D eigenvalue weighted by atomic mass is 35.5. The summed E-state index contributed by atoms with van der Waals surface area (Å²) in [6.45, 7) is 1.99. The lowest BCUT2D eigenvalue weighted by molar-refractivity contribution is 0.562. The lowest BCUT2D eigenvalue weighted by Crippen LogP contribution is -2.41. The predicted octanol–water partition coefficient (Wildman–Crippen LogP) is 6.62. The maximum atomic E-state index is 7.30. The molecule has 0 amide bonds. The van der Waals surface area contributed by atoms with Gasteiger partial charge in [0.2, 0.25) is 0 Å². The van der Waals surface area contributed by atoms with Gasteiger partial charge in [0, 0.05) is 28.2 Å². The van der Waals surface area contributed by atoms with Gasteiger partial charge in [-0.25, -0.2) is 0 Å². The van der Waals surface area contributed by atoms with E-state index in [-0.39, 0.29) is 0 Å². The summed E-state index contributed by atoms with van der Waals surface area (Å²) in [6, 6.07) is 23.6. The van der Waals surface area contributed by atoms with E-state index in [1.54, 1.807) is 0 Å². The molecule has 0 fully saturated rings. The first kappa shape index (κ1) is 23.8. The van der Waals surface area contributed by atoms with Gasteiger partial charge in [0.1, 0.15) is 5.54 Å². The zero-order valence-electron chi connectivity index (χ0n) is 19.5. The number of nitrogens with zero attached hydrogens (tertiary/aromatic N) is 4. The monoisotopic (exact) mass is 519 g/mol. The van der Waals surface area contributed by atoms with E-state index in [2.05, 4.69) is 28.4 Å². The van der Waals surface area contributed by atoms with Crippen molar-refractivity contribution >= 4 is 45.9 Å². The molecule has 0 radical (unpaired) electrons. The minimum Gasteiger partial charge on any atom is -0.311 e. The lowest BCUT2D eigenvalue weighted by atomic mass is 9.81. The lowest BCUT2D eigenvalue weighted by Gasteiger charge is -2.30. The summed E-state index contributed by atoms with van der Waals surface area (Å²) in [7, 11) is 1.93. The minimum atomic E-state index is -1.08. The Morgan fingerprint density at radius 2 is 1.63 bits per heavy atom. The zero-order valence-corrected chi connectivity index (χ0v) is 21.8. The van der Waals surface area contributed by atoms with Crippen LogP contribution in [-0.4, -0.2) is 26.0 Å². The largest absolute Gasteiger partial charge is 0.311 e. The Balaban J connectivity index is 1.80. The van der Waals surface area contributed by atoms with Crippen molar-refractivity contribution in [1.29, 1.82) is 0 Å². The van der Waals surface area contributed by atoms with Gasteiger partial charge in [-0.1, -0.05) is 65.3 Å². The van der Waals surface area contributed by atoms with Crippen molar-refractivity contribution in [1.82, 2.24) is 19.7 Å². The van der Waals surface area contributed by atoms with Crippen LogP contribution in [0.15, 0.2) is 78.0 Å². The number of rotatable bonds is 5. The third-order valence-corrected chi connectivity index (χ3v) is 7.41. The quantitative estimate of drug-likeness (QED) is 0.264. The Bertz CT molecular complexity index is 1550. The molecule has 2 heterocycles. The number of nitrogens with two attached hydrogens (primary N) is 1. The highest BCUT2D eigenvalue weighted by Gasteiger charge is 2.37. The SMILES string of the molecule is CSc1nnc(C(N)(c2ccc(Cl)cc2)c2ccc3nc(C)cc(-c4cccc(Cl)c4)c3c2)n1C. The van der Waals surface area contributed by atoms with Gasteiger partial charge < -0.3 is 10.3 Å². The van der Waals surface area contributed by atoms with E-state index >= 15 is 0 Å². The number of thioether (sulfide) groups is 1. The van der Waals surface area contributed by atoms with Crippen LogP contribution in [0.1, 0.15) is 22.6 Å². The van der Waals surface area contributed by atoms with Crippen molar-refractivity contribution in [2.45, 2.75) is 17.6 Å².